The van der Waals surface area contributed by atoms with E-state index in [2.05, 4.69) is 34.0 Å². The first kappa shape index (κ1) is 17.2. The molecule has 2 saturated heterocycles. The molecule has 1 N–H and O–H groups in total. The number of aryl methyl sites for hydroxylation is 1. The highest BCUT2D eigenvalue weighted by Crippen LogP contribution is 2.30. The summed E-state index contributed by atoms with van der Waals surface area (Å²) in [5, 5.41) is 3.44. The lowest BCUT2D eigenvalue weighted by Gasteiger charge is -2.28. The number of carbonyl (C=O) groups is 1. The van der Waals surface area contributed by atoms with E-state index in [1.807, 2.05) is 6.92 Å². The quantitative estimate of drug-likeness (QED) is 0.907. The highest BCUT2D eigenvalue weighted by molar-refractivity contribution is 5.95. The molecule has 122 valence electrons. The van der Waals surface area contributed by atoms with Gasteiger partial charge >= 0.3 is 0 Å². The van der Waals surface area contributed by atoms with Gasteiger partial charge in [-0.15, -0.1) is 12.4 Å². The standard InChI is InChI=1S/C16H24N4O.ClH/c1-10(2)15-14(9-18-11(3)19-15)16(21)20-12-4-5-13(20)8-17-7-6-12;/h9-10,12-13,17H,4-8H2,1-3H3;1H. The summed E-state index contributed by atoms with van der Waals surface area (Å²) in [7, 11) is 0. The Morgan fingerprint density at radius 1 is 1.32 bits per heavy atom. The third-order valence-corrected chi connectivity index (χ3v) is 4.60. The minimum atomic E-state index is 0. The first-order chi connectivity index (χ1) is 10.1. The average Bonchev–Trinajstić information content (AvgIpc) is 2.71. The molecule has 0 saturated carbocycles. The normalized spacial score (nSPS) is 24.1. The fraction of sp³-hybridized carbons (Fsp3) is 0.688. The molecule has 2 unspecified atom stereocenters. The van der Waals surface area contributed by atoms with Crippen LogP contribution in [0.5, 0.6) is 0 Å². The molecule has 3 rings (SSSR count). The maximum Gasteiger partial charge on any atom is 0.257 e. The second kappa shape index (κ2) is 6.92. The van der Waals surface area contributed by atoms with E-state index in [0.717, 1.165) is 43.9 Å². The van der Waals surface area contributed by atoms with E-state index in [1.54, 1.807) is 6.20 Å². The molecule has 2 bridgehead atoms. The van der Waals surface area contributed by atoms with Crippen LogP contribution in [0.15, 0.2) is 6.20 Å². The van der Waals surface area contributed by atoms with Crippen molar-refractivity contribution in [2.24, 2.45) is 0 Å². The number of fused-ring (bicyclic) bond motifs is 2. The Labute approximate surface area is 138 Å². The number of hydrogen-bond donors (Lipinski definition) is 1. The second-order valence-electron chi connectivity index (χ2n) is 6.46. The summed E-state index contributed by atoms with van der Waals surface area (Å²) in [6.45, 7) is 7.95. The van der Waals surface area contributed by atoms with Gasteiger partial charge in [-0.1, -0.05) is 13.8 Å². The van der Waals surface area contributed by atoms with E-state index in [1.165, 1.54) is 0 Å². The van der Waals surface area contributed by atoms with Crippen LogP contribution in [0.25, 0.3) is 0 Å². The van der Waals surface area contributed by atoms with Crippen LogP contribution in [0.2, 0.25) is 0 Å². The smallest absolute Gasteiger partial charge is 0.257 e. The van der Waals surface area contributed by atoms with Crippen molar-refractivity contribution in [1.29, 1.82) is 0 Å². The predicted octanol–water partition coefficient (Wildman–Crippen LogP) is 2.30. The van der Waals surface area contributed by atoms with E-state index in [0.29, 0.717) is 17.6 Å². The Kier molecular flexibility index (Phi) is 5.40. The predicted molar refractivity (Wildman–Crippen MR) is 88.6 cm³/mol. The SMILES string of the molecule is Cc1ncc(C(=O)N2C3CCNCC2CC3)c(C(C)C)n1.Cl. The lowest BCUT2D eigenvalue weighted by atomic mass is 10.0. The van der Waals surface area contributed by atoms with Gasteiger partial charge in [0, 0.05) is 24.8 Å². The van der Waals surface area contributed by atoms with Crippen molar-refractivity contribution < 1.29 is 4.79 Å². The maximum absolute atomic E-state index is 13.1. The summed E-state index contributed by atoms with van der Waals surface area (Å²) in [5.41, 5.74) is 1.57. The van der Waals surface area contributed by atoms with Crippen LogP contribution in [0.3, 0.4) is 0 Å². The van der Waals surface area contributed by atoms with Gasteiger partial charge in [0.15, 0.2) is 0 Å². The highest BCUT2D eigenvalue weighted by Gasteiger charge is 2.39. The van der Waals surface area contributed by atoms with Crippen molar-refractivity contribution in [2.75, 3.05) is 13.1 Å². The van der Waals surface area contributed by atoms with E-state index in [4.69, 9.17) is 0 Å². The van der Waals surface area contributed by atoms with Crippen LogP contribution in [0, 0.1) is 6.92 Å². The van der Waals surface area contributed by atoms with Gasteiger partial charge < -0.3 is 10.2 Å². The number of rotatable bonds is 2. The number of carbonyl (C=O) groups excluding carboxylic acids is 1. The van der Waals surface area contributed by atoms with Gasteiger partial charge in [0.05, 0.1) is 11.3 Å². The summed E-state index contributed by atoms with van der Waals surface area (Å²) >= 11 is 0. The summed E-state index contributed by atoms with van der Waals surface area (Å²) < 4.78 is 0. The van der Waals surface area contributed by atoms with Crippen molar-refractivity contribution in [3.8, 4) is 0 Å². The lowest BCUT2D eigenvalue weighted by Crippen LogP contribution is -2.43. The van der Waals surface area contributed by atoms with Gasteiger partial charge in [-0.05, 0) is 38.6 Å². The van der Waals surface area contributed by atoms with Crippen LogP contribution in [0.1, 0.15) is 60.9 Å². The molecule has 0 aliphatic carbocycles. The Morgan fingerprint density at radius 2 is 2.05 bits per heavy atom. The molecule has 5 nitrogen and oxygen atoms in total. The number of halogens is 1. The van der Waals surface area contributed by atoms with Crippen LogP contribution in [0.4, 0.5) is 0 Å². The van der Waals surface area contributed by atoms with Gasteiger partial charge in [-0.25, -0.2) is 9.97 Å². The van der Waals surface area contributed by atoms with Gasteiger partial charge in [0.2, 0.25) is 0 Å². The first-order valence-corrected chi connectivity index (χ1v) is 7.95. The lowest BCUT2D eigenvalue weighted by molar-refractivity contribution is 0.0677. The topological polar surface area (TPSA) is 58.1 Å². The average molecular weight is 325 g/mol. The minimum absolute atomic E-state index is 0. The van der Waals surface area contributed by atoms with Crippen LogP contribution in [-0.4, -0.2) is 45.9 Å². The van der Waals surface area contributed by atoms with Crippen molar-refractivity contribution in [2.45, 2.75) is 58.0 Å². The Balaban J connectivity index is 0.00000176. The van der Waals surface area contributed by atoms with Crippen molar-refractivity contribution in [3.05, 3.63) is 23.3 Å². The number of amides is 1. The number of aromatic nitrogens is 2. The van der Waals surface area contributed by atoms with Crippen LogP contribution >= 0.6 is 12.4 Å². The molecular formula is C16H25ClN4O. The summed E-state index contributed by atoms with van der Waals surface area (Å²) in [6, 6.07) is 0.699. The van der Waals surface area contributed by atoms with Crippen molar-refractivity contribution in [3.63, 3.8) is 0 Å². The highest BCUT2D eigenvalue weighted by atomic mass is 35.5. The van der Waals surface area contributed by atoms with Gasteiger partial charge in [-0.2, -0.15) is 0 Å². The van der Waals surface area contributed by atoms with E-state index >= 15 is 0 Å². The maximum atomic E-state index is 13.1. The molecule has 0 spiro atoms. The first-order valence-electron chi connectivity index (χ1n) is 7.95. The summed E-state index contributed by atoms with van der Waals surface area (Å²) in [6.07, 6.45) is 5.00. The Hall–Kier alpha value is -1.20. The third-order valence-electron chi connectivity index (χ3n) is 4.60. The minimum Gasteiger partial charge on any atom is -0.331 e. The van der Waals surface area contributed by atoms with E-state index < -0.39 is 0 Å². The van der Waals surface area contributed by atoms with Crippen LogP contribution in [-0.2, 0) is 0 Å². The van der Waals surface area contributed by atoms with E-state index in [9.17, 15) is 4.79 Å². The fourth-order valence-electron chi connectivity index (χ4n) is 3.55. The van der Waals surface area contributed by atoms with Gasteiger partial charge in [-0.3, -0.25) is 4.79 Å². The molecule has 1 aromatic heterocycles. The number of nitrogens with zero attached hydrogens (tertiary/aromatic N) is 3. The zero-order chi connectivity index (χ0) is 15.0. The van der Waals surface area contributed by atoms with E-state index in [-0.39, 0.29) is 24.2 Å². The van der Waals surface area contributed by atoms with Gasteiger partial charge in [0.1, 0.15) is 5.82 Å². The molecule has 1 aromatic rings. The molecule has 0 radical (unpaired) electrons. The molecule has 6 heteroatoms. The summed E-state index contributed by atoms with van der Waals surface area (Å²) in [5.74, 6) is 1.08. The molecule has 2 aliphatic heterocycles. The number of hydrogen-bond acceptors (Lipinski definition) is 4. The molecular weight excluding hydrogens is 300 g/mol. The zero-order valence-corrected chi connectivity index (χ0v) is 14.3. The largest absolute Gasteiger partial charge is 0.331 e. The Morgan fingerprint density at radius 3 is 2.77 bits per heavy atom. The van der Waals surface area contributed by atoms with Crippen molar-refractivity contribution >= 4 is 18.3 Å². The van der Waals surface area contributed by atoms with Crippen LogP contribution < -0.4 is 5.32 Å². The second-order valence-corrected chi connectivity index (χ2v) is 6.46. The molecule has 2 atom stereocenters. The summed E-state index contributed by atoms with van der Waals surface area (Å²) in [4.78, 5) is 23.9. The fourth-order valence-corrected chi connectivity index (χ4v) is 3.55. The molecule has 22 heavy (non-hydrogen) atoms. The monoisotopic (exact) mass is 324 g/mol. The molecule has 2 fully saturated rings. The third kappa shape index (κ3) is 3.10. The van der Waals surface area contributed by atoms with Crippen molar-refractivity contribution in [1.82, 2.24) is 20.2 Å². The molecule has 2 aliphatic rings. The molecule has 1 amide bonds. The molecule has 0 aromatic carbocycles. The zero-order valence-electron chi connectivity index (χ0n) is 13.5. The number of nitrogens with one attached hydrogen (secondary N) is 1. The molecule has 3 heterocycles. The Bertz CT molecular complexity index is 535. The van der Waals surface area contributed by atoms with Gasteiger partial charge in [0.25, 0.3) is 5.91 Å².